The predicted molar refractivity (Wildman–Crippen MR) is 78.6 cm³/mol. The zero-order valence-corrected chi connectivity index (χ0v) is 12.4. The third-order valence-corrected chi connectivity index (χ3v) is 4.01. The van der Waals surface area contributed by atoms with Crippen molar-refractivity contribution in [3.05, 3.63) is 22.7 Å². The van der Waals surface area contributed by atoms with Crippen molar-refractivity contribution in [1.82, 2.24) is 15.5 Å². The van der Waals surface area contributed by atoms with E-state index in [1.54, 1.807) is 0 Å². The highest BCUT2D eigenvalue weighted by atomic mass is 32.1. The van der Waals surface area contributed by atoms with Gasteiger partial charge in [-0.25, -0.2) is 0 Å². The molecule has 21 heavy (non-hydrogen) atoms. The van der Waals surface area contributed by atoms with Crippen LogP contribution in [0.1, 0.15) is 32.8 Å². The monoisotopic (exact) mass is 309 g/mol. The SMILES string of the molecule is CNC(=O)c1c(NCCc2ncno2)sc(C(C)=O)c1N. The summed E-state index contributed by atoms with van der Waals surface area (Å²) >= 11 is 1.16. The molecule has 0 aliphatic carbocycles. The highest BCUT2D eigenvalue weighted by Gasteiger charge is 2.23. The maximum absolute atomic E-state index is 11.9. The van der Waals surface area contributed by atoms with E-state index in [0.717, 1.165) is 11.3 Å². The number of nitrogen functional groups attached to an aromatic ring is 1. The minimum atomic E-state index is -0.337. The first-order chi connectivity index (χ1) is 10.0. The van der Waals surface area contributed by atoms with E-state index in [1.165, 1.54) is 20.3 Å². The summed E-state index contributed by atoms with van der Waals surface area (Å²) in [5.74, 6) is -0.0237. The fourth-order valence-electron chi connectivity index (χ4n) is 1.77. The molecule has 112 valence electrons. The summed E-state index contributed by atoms with van der Waals surface area (Å²) < 4.78 is 4.88. The van der Waals surface area contributed by atoms with Crippen LogP contribution < -0.4 is 16.4 Å². The van der Waals surface area contributed by atoms with Gasteiger partial charge in [0, 0.05) is 26.9 Å². The van der Waals surface area contributed by atoms with Crippen LogP contribution in [-0.4, -0.2) is 35.4 Å². The molecule has 9 heteroatoms. The van der Waals surface area contributed by atoms with Gasteiger partial charge in [-0.05, 0) is 0 Å². The number of thiophene rings is 1. The van der Waals surface area contributed by atoms with Crippen molar-refractivity contribution in [2.45, 2.75) is 13.3 Å². The molecule has 0 fully saturated rings. The molecule has 0 aliphatic heterocycles. The van der Waals surface area contributed by atoms with Crippen molar-refractivity contribution in [1.29, 1.82) is 0 Å². The average molecular weight is 309 g/mol. The first-order valence-corrected chi connectivity index (χ1v) is 7.01. The molecule has 2 heterocycles. The molecule has 0 saturated heterocycles. The summed E-state index contributed by atoms with van der Waals surface area (Å²) in [7, 11) is 1.51. The Morgan fingerprint density at radius 3 is 2.81 bits per heavy atom. The normalized spacial score (nSPS) is 10.4. The second-order valence-corrected chi connectivity index (χ2v) is 5.22. The fraction of sp³-hybridized carbons (Fsp3) is 0.333. The minimum Gasteiger partial charge on any atom is -0.397 e. The van der Waals surface area contributed by atoms with Gasteiger partial charge in [-0.2, -0.15) is 4.98 Å². The number of amides is 1. The van der Waals surface area contributed by atoms with Crippen LogP contribution in [0.5, 0.6) is 0 Å². The van der Waals surface area contributed by atoms with Crippen LogP contribution in [0.15, 0.2) is 10.9 Å². The summed E-state index contributed by atoms with van der Waals surface area (Å²) in [5, 5.41) is 9.66. The van der Waals surface area contributed by atoms with E-state index in [2.05, 4.69) is 20.8 Å². The molecule has 0 radical (unpaired) electrons. The van der Waals surface area contributed by atoms with Crippen molar-refractivity contribution in [3.8, 4) is 0 Å². The number of nitrogens with two attached hydrogens (primary N) is 1. The molecule has 2 rings (SSSR count). The maximum Gasteiger partial charge on any atom is 0.256 e. The van der Waals surface area contributed by atoms with Gasteiger partial charge >= 0.3 is 0 Å². The van der Waals surface area contributed by atoms with Crippen molar-refractivity contribution in [2.75, 3.05) is 24.6 Å². The Morgan fingerprint density at radius 2 is 2.24 bits per heavy atom. The molecule has 1 amide bonds. The Balaban J connectivity index is 2.18. The molecule has 0 saturated carbocycles. The van der Waals surface area contributed by atoms with Gasteiger partial charge in [0.05, 0.1) is 16.1 Å². The second-order valence-electron chi connectivity index (χ2n) is 4.20. The fourth-order valence-corrected chi connectivity index (χ4v) is 2.81. The van der Waals surface area contributed by atoms with E-state index in [1.807, 2.05) is 0 Å². The highest BCUT2D eigenvalue weighted by Crippen LogP contribution is 2.35. The first kappa shape index (κ1) is 15.0. The smallest absolute Gasteiger partial charge is 0.256 e. The van der Waals surface area contributed by atoms with E-state index < -0.39 is 0 Å². The molecule has 0 atom stereocenters. The second kappa shape index (κ2) is 6.35. The molecule has 0 bridgehead atoms. The summed E-state index contributed by atoms with van der Waals surface area (Å²) in [5.41, 5.74) is 6.39. The molecule has 2 aromatic heterocycles. The Kier molecular flexibility index (Phi) is 4.53. The van der Waals surface area contributed by atoms with Gasteiger partial charge < -0.3 is 20.9 Å². The summed E-state index contributed by atoms with van der Waals surface area (Å²) in [6, 6.07) is 0. The average Bonchev–Trinajstić information content (AvgIpc) is 3.06. The Labute approximate surface area is 124 Å². The standard InChI is InChI=1S/C12H15N5O3S/c1-6(18)10-9(13)8(11(19)14-2)12(21-10)15-4-3-7-16-5-17-20-7/h5,15H,3-4,13H2,1-2H3,(H,14,19). The number of ketones is 1. The number of hydrogen-bond donors (Lipinski definition) is 3. The quantitative estimate of drug-likeness (QED) is 0.678. The number of carbonyl (C=O) groups excluding carboxylic acids is 2. The molecule has 0 spiro atoms. The van der Waals surface area contributed by atoms with Crippen molar-refractivity contribution in [2.24, 2.45) is 0 Å². The molecule has 0 aliphatic rings. The molecular weight excluding hydrogens is 294 g/mol. The first-order valence-electron chi connectivity index (χ1n) is 6.19. The molecule has 2 aromatic rings. The topological polar surface area (TPSA) is 123 Å². The van der Waals surface area contributed by atoms with Crippen LogP contribution in [0.2, 0.25) is 0 Å². The van der Waals surface area contributed by atoms with Gasteiger partial charge in [-0.15, -0.1) is 11.3 Å². The molecule has 0 aromatic carbocycles. The van der Waals surface area contributed by atoms with E-state index in [-0.39, 0.29) is 17.4 Å². The van der Waals surface area contributed by atoms with Crippen molar-refractivity contribution >= 4 is 33.7 Å². The predicted octanol–water partition coefficient (Wildman–Crippen LogP) is 0.930. The number of carbonyl (C=O) groups is 2. The molecular formula is C12H15N5O3S. The lowest BCUT2D eigenvalue weighted by Gasteiger charge is -2.05. The van der Waals surface area contributed by atoms with E-state index in [0.29, 0.717) is 34.3 Å². The zero-order chi connectivity index (χ0) is 15.4. The minimum absolute atomic E-state index is 0.174. The van der Waals surface area contributed by atoms with Gasteiger partial charge in [0.2, 0.25) is 5.89 Å². The van der Waals surface area contributed by atoms with Crippen molar-refractivity contribution < 1.29 is 14.1 Å². The van der Waals surface area contributed by atoms with Crippen LogP contribution >= 0.6 is 11.3 Å². The number of nitrogens with zero attached hydrogens (tertiary/aromatic N) is 2. The van der Waals surface area contributed by atoms with Crippen LogP contribution in [0, 0.1) is 0 Å². The van der Waals surface area contributed by atoms with E-state index >= 15 is 0 Å². The summed E-state index contributed by atoms with van der Waals surface area (Å²) in [4.78, 5) is 27.7. The lowest BCUT2D eigenvalue weighted by Crippen LogP contribution is -2.20. The third-order valence-electron chi connectivity index (χ3n) is 2.75. The van der Waals surface area contributed by atoms with Crippen LogP contribution in [0.25, 0.3) is 0 Å². The van der Waals surface area contributed by atoms with Crippen molar-refractivity contribution in [3.63, 3.8) is 0 Å². The lowest BCUT2D eigenvalue weighted by atomic mass is 10.2. The zero-order valence-electron chi connectivity index (χ0n) is 11.6. The van der Waals surface area contributed by atoms with Gasteiger partial charge in [0.25, 0.3) is 5.91 Å². The van der Waals surface area contributed by atoms with Gasteiger partial charge in [0.15, 0.2) is 12.1 Å². The number of aromatic nitrogens is 2. The van der Waals surface area contributed by atoms with Gasteiger partial charge in [0.1, 0.15) is 5.00 Å². The summed E-state index contributed by atoms with van der Waals surface area (Å²) in [6.07, 6.45) is 1.82. The van der Waals surface area contributed by atoms with E-state index in [9.17, 15) is 9.59 Å². The summed E-state index contributed by atoms with van der Waals surface area (Å²) in [6.45, 7) is 1.89. The lowest BCUT2D eigenvalue weighted by molar-refractivity contribution is 0.0965. The Morgan fingerprint density at radius 1 is 1.48 bits per heavy atom. The number of nitrogens with one attached hydrogen (secondary N) is 2. The molecule has 8 nitrogen and oxygen atoms in total. The molecule has 4 N–H and O–H groups in total. The van der Waals surface area contributed by atoms with Gasteiger partial charge in [-0.1, -0.05) is 5.16 Å². The van der Waals surface area contributed by atoms with Gasteiger partial charge in [-0.3, -0.25) is 9.59 Å². The number of Topliss-reactive ketones (excluding diaryl/α,β-unsaturated/α-hetero) is 1. The highest BCUT2D eigenvalue weighted by molar-refractivity contribution is 7.19. The number of rotatable bonds is 6. The van der Waals surface area contributed by atoms with E-state index in [4.69, 9.17) is 10.3 Å². The third kappa shape index (κ3) is 3.19. The van der Waals surface area contributed by atoms with Crippen LogP contribution in [0.4, 0.5) is 10.7 Å². The van der Waals surface area contributed by atoms with Crippen LogP contribution in [0.3, 0.4) is 0 Å². The Bertz CT molecular complexity index is 650. The molecule has 0 unspecified atom stereocenters. The largest absolute Gasteiger partial charge is 0.397 e. The van der Waals surface area contributed by atoms with Crippen LogP contribution in [-0.2, 0) is 6.42 Å². The Hall–Kier alpha value is -2.42. The maximum atomic E-state index is 11.9. The number of hydrogen-bond acceptors (Lipinski definition) is 8. The number of anilines is 2.